The molecule has 1 aliphatic heterocycles. The van der Waals surface area contributed by atoms with E-state index in [9.17, 15) is 0 Å². The molecule has 5 nitrogen and oxygen atoms in total. The minimum absolute atomic E-state index is 0.310. The lowest BCUT2D eigenvalue weighted by Gasteiger charge is -2.43. The van der Waals surface area contributed by atoms with E-state index in [1.165, 1.54) is 5.56 Å². The third-order valence-corrected chi connectivity index (χ3v) is 5.33. The van der Waals surface area contributed by atoms with Crippen LogP contribution in [0.5, 0.6) is 5.75 Å². The van der Waals surface area contributed by atoms with E-state index in [-0.39, 0.29) is 5.60 Å². The number of nitrogens with zero attached hydrogens (tertiary/aromatic N) is 2. The first-order valence-corrected chi connectivity index (χ1v) is 10.0. The molecule has 0 aliphatic carbocycles. The molecule has 1 heterocycles. The van der Waals surface area contributed by atoms with E-state index in [4.69, 9.17) is 21.2 Å². The molecule has 1 N–H and O–H groups in total. The van der Waals surface area contributed by atoms with Crippen LogP contribution in [0.15, 0.2) is 48.5 Å². The van der Waals surface area contributed by atoms with Crippen molar-refractivity contribution in [3.05, 3.63) is 59.1 Å². The Labute approximate surface area is 173 Å². The molecular formula is C22H30ClN3O2. The zero-order valence-corrected chi connectivity index (χ0v) is 17.9. The average Bonchev–Trinajstić information content (AvgIpc) is 2.68. The number of hydrogen-bond acceptors (Lipinski definition) is 5. The molecule has 1 fully saturated rings. The molecule has 6 heteroatoms. The molecule has 1 atom stereocenters. The number of para-hydroxylation sites is 2. The zero-order chi connectivity index (χ0) is 20.1. The molecule has 2 aromatic carbocycles. The van der Waals surface area contributed by atoms with E-state index >= 15 is 0 Å². The van der Waals surface area contributed by atoms with Crippen molar-refractivity contribution in [3.8, 4) is 5.75 Å². The lowest BCUT2D eigenvalue weighted by atomic mass is 10.00. The Bertz CT molecular complexity index is 767. The second kappa shape index (κ2) is 9.14. The van der Waals surface area contributed by atoms with Crippen LogP contribution in [-0.2, 0) is 4.84 Å². The number of hydrogen-bond donors (Lipinski definition) is 1. The maximum Gasteiger partial charge on any atom is 0.144 e. The monoisotopic (exact) mass is 403 g/mol. The largest absolute Gasteiger partial charge is 0.495 e. The van der Waals surface area contributed by atoms with Gasteiger partial charge in [-0.25, -0.2) is 0 Å². The Morgan fingerprint density at radius 2 is 1.82 bits per heavy atom. The highest BCUT2D eigenvalue weighted by Gasteiger charge is 2.32. The van der Waals surface area contributed by atoms with Crippen molar-refractivity contribution in [1.29, 1.82) is 0 Å². The van der Waals surface area contributed by atoms with E-state index in [0.717, 1.165) is 42.6 Å². The van der Waals surface area contributed by atoms with Crippen LogP contribution < -0.4 is 10.2 Å². The number of ether oxygens (including phenoxy) is 1. The number of halogens is 1. The lowest BCUT2D eigenvalue weighted by molar-refractivity contribution is -0.0344. The van der Waals surface area contributed by atoms with Crippen LogP contribution in [0.2, 0.25) is 5.02 Å². The van der Waals surface area contributed by atoms with Crippen molar-refractivity contribution in [3.63, 3.8) is 0 Å². The predicted molar refractivity (Wildman–Crippen MR) is 115 cm³/mol. The van der Waals surface area contributed by atoms with Gasteiger partial charge in [-0.15, -0.1) is 0 Å². The van der Waals surface area contributed by atoms with Gasteiger partial charge in [0.1, 0.15) is 17.0 Å². The molecule has 1 aliphatic rings. The van der Waals surface area contributed by atoms with Gasteiger partial charge < -0.3 is 9.64 Å². The minimum atomic E-state index is -0.387. The second-order valence-electron chi connectivity index (χ2n) is 7.96. The standard InChI is InChI=1S/C22H30ClN3O2/c1-22(2,28-24-19-7-5-6-8-21(19)27-4)16-26-14-13-25(3)15-20(26)17-9-11-18(23)12-10-17/h5-12,20,24H,13-16H2,1-4H3. The Hall–Kier alpha value is -1.79. The van der Waals surface area contributed by atoms with Crippen LogP contribution in [0.25, 0.3) is 0 Å². The summed E-state index contributed by atoms with van der Waals surface area (Å²) in [5.74, 6) is 0.761. The summed E-state index contributed by atoms with van der Waals surface area (Å²) in [6, 6.07) is 16.2. The molecule has 3 rings (SSSR count). The molecule has 0 spiro atoms. The van der Waals surface area contributed by atoms with Gasteiger partial charge in [-0.05, 0) is 50.7 Å². The van der Waals surface area contributed by atoms with E-state index in [1.54, 1.807) is 7.11 Å². The minimum Gasteiger partial charge on any atom is -0.495 e. The molecule has 0 amide bonds. The van der Waals surface area contributed by atoms with Gasteiger partial charge in [0.2, 0.25) is 0 Å². The SMILES string of the molecule is COc1ccccc1NOC(C)(C)CN1CCN(C)CC1c1ccc(Cl)cc1. The molecule has 1 saturated heterocycles. The number of likely N-dealkylation sites (N-methyl/N-ethyl adjacent to an activating group) is 1. The highest BCUT2D eigenvalue weighted by Crippen LogP contribution is 2.29. The second-order valence-corrected chi connectivity index (χ2v) is 8.40. The molecular weight excluding hydrogens is 374 g/mol. The number of methoxy groups -OCH3 is 1. The molecule has 28 heavy (non-hydrogen) atoms. The van der Waals surface area contributed by atoms with E-state index in [2.05, 4.69) is 48.3 Å². The van der Waals surface area contributed by atoms with E-state index in [1.807, 2.05) is 36.4 Å². The lowest BCUT2D eigenvalue weighted by Crippen LogP contribution is -2.52. The van der Waals surface area contributed by atoms with Gasteiger partial charge in [-0.3, -0.25) is 15.2 Å². The molecule has 1 unspecified atom stereocenters. The Balaban J connectivity index is 1.68. The predicted octanol–water partition coefficient (Wildman–Crippen LogP) is 4.46. The summed E-state index contributed by atoms with van der Waals surface area (Å²) in [5.41, 5.74) is 4.80. The van der Waals surface area contributed by atoms with Crippen LogP contribution in [0.3, 0.4) is 0 Å². The normalized spacial score (nSPS) is 18.8. The van der Waals surface area contributed by atoms with Crippen molar-refractivity contribution < 1.29 is 9.57 Å². The van der Waals surface area contributed by atoms with Crippen molar-refractivity contribution in [1.82, 2.24) is 9.80 Å². The first kappa shape index (κ1) is 20.9. The molecule has 0 bridgehead atoms. The van der Waals surface area contributed by atoms with Crippen molar-refractivity contribution in [2.45, 2.75) is 25.5 Å². The first-order chi connectivity index (χ1) is 13.4. The average molecular weight is 404 g/mol. The van der Waals surface area contributed by atoms with E-state index < -0.39 is 0 Å². The molecule has 0 radical (unpaired) electrons. The summed E-state index contributed by atoms with van der Waals surface area (Å²) >= 11 is 6.08. The third kappa shape index (κ3) is 5.39. The summed E-state index contributed by atoms with van der Waals surface area (Å²) in [6.45, 7) is 8.03. The Morgan fingerprint density at radius 1 is 1.11 bits per heavy atom. The third-order valence-electron chi connectivity index (χ3n) is 5.08. The van der Waals surface area contributed by atoms with Crippen LogP contribution >= 0.6 is 11.6 Å². The molecule has 0 aromatic heterocycles. The van der Waals surface area contributed by atoms with Crippen LogP contribution in [0.1, 0.15) is 25.5 Å². The number of rotatable bonds is 7. The van der Waals surface area contributed by atoms with Crippen molar-refractivity contribution >= 4 is 17.3 Å². The van der Waals surface area contributed by atoms with Gasteiger partial charge in [0.05, 0.1) is 7.11 Å². The summed E-state index contributed by atoms with van der Waals surface area (Å²) in [6.07, 6.45) is 0. The zero-order valence-electron chi connectivity index (χ0n) is 17.1. The maximum atomic E-state index is 6.08. The van der Waals surface area contributed by atoms with Crippen LogP contribution in [0, 0.1) is 0 Å². The fourth-order valence-electron chi connectivity index (χ4n) is 3.59. The fourth-order valence-corrected chi connectivity index (χ4v) is 3.72. The Kier molecular flexibility index (Phi) is 6.83. The number of piperazine rings is 1. The smallest absolute Gasteiger partial charge is 0.144 e. The first-order valence-electron chi connectivity index (χ1n) is 9.63. The topological polar surface area (TPSA) is 37.0 Å². The maximum absolute atomic E-state index is 6.08. The van der Waals surface area contributed by atoms with Crippen LogP contribution in [0.4, 0.5) is 5.69 Å². The molecule has 2 aromatic rings. The van der Waals surface area contributed by atoms with Crippen molar-refractivity contribution in [2.75, 3.05) is 45.8 Å². The molecule has 152 valence electrons. The van der Waals surface area contributed by atoms with Gasteiger partial charge >= 0.3 is 0 Å². The van der Waals surface area contributed by atoms with Crippen LogP contribution in [-0.4, -0.2) is 55.7 Å². The number of benzene rings is 2. The molecule has 0 saturated carbocycles. The summed E-state index contributed by atoms with van der Waals surface area (Å²) in [4.78, 5) is 10.9. The highest BCUT2D eigenvalue weighted by molar-refractivity contribution is 6.30. The van der Waals surface area contributed by atoms with Gasteiger partial charge in [0.25, 0.3) is 0 Å². The van der Waals surface area contributed by atoms with E-state index in [0.29, 0.717) is 6.04 Å². The summed E-state index contributed by atoms with van der Waals surface area (Å²) in [7, 11) is 3.83. The highest BCUT2D eigenvalue weighted by atomic mass is 35.5. The van der Waals surface area contributed by atoms with Gasteiger partial charge in [-0.2, -0.15) is 0 Å². The Morgan fingerprint density at radius 3 is 2.54 bits per heavy atom. The number of nitrogens with one attached hydrogen (secondary N) is 1. The number of anilines is 1. The fraction of sp³-hybridized carbons (Fsp3) is 0.455. The summed E-state index contributed by atoms with van der Waals surface area (Å²) < 4.78 is 5.39. The van der Waals surface area contributed by atoms with Gasteiger partial charge in [0, 0.05) is 37.2 Å². The summed E-state index contributed by atoms with van der Waals surface area (Å²) in [5, 5.41) is 0.768. The quantitative estimate of drug-likeness (QED) is 0.691. The van der Waals surface area contributed by atoms with Gasteiger partial charge in [-0.1, -0.05) is 35.9 Å². The van der Waals surface area contributed by atoms with Crippen molar-refractivity contribution in [2.24, 2.45) is 0 Å². The van der Waals surface area contributed by atoms with Gasteiger partial charge in [0.15, 0.2) is 0 Å².